The molecular formula is C17H23N3O3. The zero-order valence-corrected chi connectivity index (χ0v) is 14.0. The molecule has 1 N–H and O–H groups in total. The first-order chi connectivity index (χ1) is 10.9. The average Bonchev–Trinajstić information content (AvgIpc) is 3.05. The van der Waals surface area contributed by atoms with Crippen molar-refractivity contribution < 1.29 is 14.3 Å². The van der Waals surface area contributed by atoms with E-state index in [1.54, 1.807) is 24.0 Å². The van der Waals surface area contributed by atoms with Crippen LogP contribution in [0.3, 0.4) is 0 Å². The third kappa shape index (κ3) is 2.33. The van der Waals surface area contributed by atoms with E-state index in [0.29, 0.717) is 19.5 Å². The lowest BCUT2D eigenvalue weighted by molar-refractivity contribution is -0.122. The maximum Gasteiger partial charge on any atom is 0.317 e. The van der Waals surface area contributed by atoms with Gasteiger partial charge in [-0.3, -0.25) is 4.79 Å². The molecule has 1 spiro atoms. The van der Waals surface area contributed by atoms with E-state index in [0.717, 1.165) is 17.0 Å². The fourth-order valence-electron chi connectivity index (χ4n) is 3.58. The van der Waals surface area contributed by atoms with Crippen molar-refractivity contribution >= 4 is 17.6 Å². The minimum absolute atomic E-state index is 0.0561. The van der Waals surface area contributed by atoms with Crippen molar-refractivity contribution in [1.82, 2.24) is 10.2 Å². The minimum Gasteiger partial charge on any atom is -0.497 e. The van der Waals surface area contributed by atoms with Crippen LogP contribution in [0.15, 0.2) is 18.2 Å². The van der Waals surface area contributed by atoms with Crippen LogP contribution in [0.1, 0.15) is 25.8 Å². The Morgan fingerprint density at radius 1 is 1.39 bits per heavy atom. The number of hydrogen-bond donors (Lipinski definition) is 1. The summed E-state index contributed by atoms with van der Waals surface area (Å²) in [7, 11) is 3.41. The van der Waals surface area contributed by atoms with Crippen LogP contribution >= 0.6 is 0 Å². The van der Waals surface area contributed by atoms with Gasteiger partial charge in [0.05, 0.1) is 12.5 Å². The number of anilines is 1. The fraction of sp³-hybridized carbons (Fsp3) is 0.529. The van der Waals surface area contributed by atoms with Gasteiger partial charge in [-0.2, -0.15) is 0 Å². The Kier molecular flexibility index (Phi) is 3.70. The highest BCUT2D eigenvalue weighted by Gasteiger charge is 2.54. The fourth-order valence-corrected chi connectivity index (χ4v) is 3.58. The van der Waals surface area contributed by atoms with Crippen LogP contribution in [0.5, 0.6) is 5.75 Å². The molecule has 2 heterocycles. The van der Waals surface area contributed by atoms with Gasteiger partial charge in [0.1, 0.15) is 5.75 Å². The third-order valence-corrected chi connectivity index (χ3v) is 4.76. The standard InChI is InChI=1S/C17H23N3O3/c1-11(2)18-16(22)20-8-7-17(10-20)13-9-12(23-4)5-6-14(13)19(3)15(17)21/h5-6,9,11H,7-8,10H2,1-4H3,(H,18,22)/t17-/m0/s1. The van der Waals surface area contributed by atoms with Crippen LogP contribution in [-0.2, 0) is 10.2 Å². The first-order valence-corrected chi connectivity index (χ1v) is 7.91. The lowest BCUT2D eigenvalue weighted by Gasteiger charge is -2.24. The quantitative estimate of drug-likeness (QED) is 0.903. The van der Waals surface area contributed by atoms with Gasteiger partial charge >= 0.3 is 6.03 Å². The second-order valence-electron chi connectivity index (χ2n) is 6.61. The number of hydrogen-bond acceptors (Lipinski definition) is 3. The van der Waals surface area contributed by atoms with Gasteiger partial charge in [0.25, 0.3) is 0 Å². The molecule has 124 valence electrons. The van der Waals surface area contributed by atoms with Crippen LogP contribution in [0.4, 0.5) is 10.5 Å². The number of likely N-dealkylation sites (tertiary alicyclic amines) is 1. The molecule has 2 aliphatic heterocycles. The number of fused-ring (bicyclic) bond motifs is 2. The molecule has 23 heavy (non-hydrogen) atoms. The number of benzene rings is 1. The van der Waals surface area contributed by atoms with E-state index >= 15 is 0 Å². The van der Waals surface area contributed by atoms with E-state index in [1.807, 2.05) is 32.0 Å². The summed E-state index contributed by atoms with van der Waals surface area (Å²) in [5.74, 6) is 0.789. The van der Waals surface area contributed by atoms with Gasteiger partial charge in [0.2, 0.25) is 5.91 Å². The van der Waals surface area contributed by atoms with E-state index < -0.39 is 5.41 Å². The van der Waals surface area contributed by atoms with Crippen molar-refractivity contribution in [2.24, 2.45) is 0 Å². The molecule has 6 nitrogen and oxygen atoms in total. The van der Waals surface area contributed by atoms with Gasteiger partial charge in [0, 0.05) is 31.9 Å². The number of likely N-dealkylation sites (N-methyl/N-ethyl adjacent to an activating group) is 1. The van der Waals surface area contributed by atoms with E-state index in [9.17, 15) is 9.59 Å². The Bertz CT molecular complexity index is 658. The summed E-state index contributed by atoms with van der Waals surface area (Å²) in [6, 6.07) is 5.68. The molecular weight excluding hydrogens is 294 g/mol. The highest BCUT2D eigenvalue weighted by molar-refractivity contribution is 6.08. The van der Waals surface area contributed by atoms with E-state index in [4.69, 9.17) is 4.74 Å². The maximum atomic E-state index is 12.9. The zero-order valence-electron chi connectivity index (χ0n) is 14.0. The molecule has 2 aliphatic rings. The topological polar surface area (TPSA) is 61.9 Å². The summed E-state index contributed by atoms with van der Waals surface area (Å²) >= 11 is 0. The third-order valence-electron chi connectivity index (χ3n) is 4.76. The highest BCUT2D eigenvalue weighted by Crippen LogP contribution is 2.47. The van der Waals surface area contributed by atoms with E-state index in [2.05, 4.69) is 5.32 Å². The number of ether oxygens (including phenoxy) is 1. The normalized spacial score (nSPS) is 22.9. The monoisotopic (exact) mass is 317 g/mol. The molecule has 3 rings (SSSR count). The molecule has 6 heteroatoms. The molecule has 1 fully saturated rings. The summed E-state index contributed by atoms with van der Waals surface area (Å²) in [4.78, 5) is 28.6. The Morgan fingerprint density at radius 3 is 2.78 bits per heavy atom. The van der Waals surface area contributed by atoms with Gasteiger partial charge in [-0.05, 0) is 44.0 Å². The number of rotatable bonds is 2. The second-order valence-corrected chi connectivity index (χ2v) is 6.61. The number of nitrogens with zero attached hydrogens (tertiary/aromatic N) is 2. The highest BCUT2D eigenvalue weighted by atomic mass is 16.5. The summed E-state index contributed by atoms with van der Waals surface area (Å²) in [6.45, 7) is 4.85. The lowest BCUT2D eigenvalue weighted by Crippen LogP contribution is -2.45. The van der Waals surface area contributed by atoms with Crippen molar-refractivity contribution in [3.63, 3.8) is 0 Å². The smallest absolute Gasteiger partial charge is 0.317 e. The van der Waals surface area contributed by atoms with Gasteiger partial charge < -0.3 is 19.9 Å². The molecule has 3 amide bonds. The summed E-state index contributed by atoms with van der Waals surface area (Å²) in [5, 5.41) is 2.90. The molecule has 0 aliphatic carbocycles. The summed E-state index contributed by atoms with van der Waals surface area (Å²) in [6.07, 6.45) is 0.641. The Balaban J connectivity index is 1.94. The molecule has 0 aromatic heterocycles. The molecule has 1 aromatic rings. The van der Waals surface area contributed by atoms with Crippen LogP contribution in [0.2, 0.25) is 0 Å². The van der Waals surface area contributed by atoms with Gasteiger partial charge in [-0.15, -0.1) is 0 Å². The number of urea groups is 1. The Hall–Kier alpha value is -2.24. The van der Waals surface area contributed by atoms with Gasteiger partial charge in [-0.25, -0.2) is 4.79 Å². The molecule has 0 saturated carbocycles. The van der Waals surface area contributed by atoms with E-state index in [-0.39, 0.29) is 18.0 Å². The Morgan fingerprint density at radius 2 is 2.13 bits per heavy atom. The molecule has 1 saturated heterocycles. The average molecular weight is 317 g/mol. The predicted octanol–water partition coefficient (Wildman–Crippen LogP) is 1.73. The molecule has 1 atom stereocenters. The van der Waals surface area contributed by atoms with Gasteiger partial charge in [0.15, 0.2) is 0 Å². The van der Waals surface area contributed by atoms with Crippen LogP contribution < -0.4 is 15.0 Å². The number of carbonyl (C=O) groups excluding carboxylic acids is 2. The predicted molar refractivity (Wildman–Crippen MR) is 87.9 cm³/mol. The first kappa shape index (κ1) is 15.6. The minimum atomic E-state index is -0.646. The van der Waals surface area contributed by atoms with Crippen molar-refractivity contribution in [3.8, 4) is 5.75 Å². The lowest BCUT2D eigenvalue weighted by atomic mass is 9.81. The summed E-state index contributed by atoms with van der Waals surface area (Å²) in [5.41, 5.74) is 1.22. The summed E-state index contributed by atoms with van der Waals surface area (Å²) < 4.78 is 5.32. The second kappa shape index (κ2) is 5.44. The molecule has 1 aromatic carbocycles. The number of nitrogens with one attached hydrogen (secondary N) is 1. The van der Waals surface area contributed by atoms with Gasteiger partial charge in [-0.1, -0.05) is 0 Å². The number of amides is 3. The van der Waals surface area contributed by atoms with Crippen molar-refractivity contribution in [2.75, 3.05) is 32.1 Å². The molecule has 0 unspecified atom stereocenters. The van der Waals surface area contributed by atoms with Crippen LogP contribution in [0, 0.1) is 0 Å². The largest absolute Gasteiger partial charge is 0.497 e. The first-order valence-electron chi connectivity index (χ1n) is 7.91. The van der Waals surface area contributed by atoms with Crippen molar-refractivity contribution in [1.29, 1.82) is 0 Å². The maximum absolute atomic E-state index is 12.9. The van der Waals surface area contributed by atoms with Crippen LogP contribution in [0.25, 0.3) is 0 Å². The number of carbonyl (C=O) groups is 2. The molecule has 0 radical (unpaired) electrons. The van der Waals surface area contributed by atoms with Crippen LogP contribution in [-0.4, -0.2) is 50.1 Å². The van der Waals surface area contributed by atoms with E-state index in [1.165, 1.54) is 0 Å². The van der Waals surface area contributed by atoms with Crippen molar-refractivity contribution in [3.05, 3.63) is 23.8 Å². The number of methoxy groups -OCH3 is 1. The Labute approximate surface area is 136 Å². The zero-order chi connectivity index (χ0) is 16.8. The van der Waals surface area contributed by atoms with Crippen molar-refractivity contribution in [2.45, 2.75) is 31.7 Å². The molecule has 0 bridgehead atoms. The SMILES string of the molecule is COc1ccc2c(c1)[C@@]1(CCN(C(=O)NC(C)C)C1)C(=O)N2C.